The van der Waals surface area contributed by atoms with Gasteiger partial charge in [-0.25, -0.2) is 4.39 Å². The molecule has 0 spiro atoms. The van der Waals surface area contributed by atoms with Crippen LogP contribution in [0.5, 0.6) is 0 Å². The van der Waals surface area contributed by atoms with Crippen LogP contribution in [0.3, 0.4) is 0 Å². The Labute approximate surface area is 159 Å². The van der Waals surface area contributed by atoms with Gasteiger partial charge in [0.25, 0.3) is 0 Å². The van der Waals surface area contributed by atoms with Crippen LogP contribution in [0, 0.1) is 11.7 Å². The molecule has 0 radical (unpaired) electrons. The summed E-state index contributed by atoms with van der Waals surface area (Å²) in [5, 5.41) is 9.26. The van der Waals surface area contributed by atoms with Gasteiger partial charge in [0, 0.05) is 32.6 Å². The number of halogens is 2. The quantitative estimate of drug-likeness (QED) is 0.271. The number of hydrogen-bond donors (Lipinski definition) is 3. The zero-order chi connectivity index (χ0) is 16.5. The molecule has 1 aromatic carbocycles. The van der Waals surface area contributed by atoms with Gasteiger partial charge < -0.3 is 16.0 Å². The minimum absolute atomic E-state index is 0. The number of hydrogen-bond acceptors (Lipinski definition) is 2. The molecular weight excluding hydrogens is 422 g/mol. The molecule has 1 fully saturated rings. The van der Waals surface area contributed by atoms with E-state index >= 15 is 0 Å². The summed E-state index contributed by atoms with van der Waals surface area (Å²) in [7, 11) is 1.69. The third-order valence-corrected chi connectivity index (χ3v) is 4.04. The summed E-state index contributed by atoms with van der Waals surface area (Å²) in [6.07, 6.45) is 4.35. The Kier molecular flexibility index (Phi) is 9.66. The van der Waals surface area contributed by atoms with E-state index in [4.69, 9.17) is 0 Å². The van der Waals surface area contributed by atoms with E-state index in [1.165, 1.54) is 12.1 Å². The lowest BCUT2D eigenvalue weighted by molar-refractivity contribution is -0.124. The molecule has 0 aromatic heterocycles. The van der Waals surface area contributed by atoms with Gasteiger partial charge in [-0.3, -0.25) is 9.79 Å². The van der Waals surface area contributed by atoms with Crippen LogP contribution in [0.4, 0.5) is 4.39 Å². The SMILES string of the molecule is CN=C(NCCNC(=O)C1CCCC1)NCc1ccc(F)cc1.I. The summed E-state index contributed by atoms with van der Waals surface area (Å²) in [5.74, 6) is 0.781. The van der Waals surface area contributed by atoms with Crippen molar-refractivity contribution < 1.29 is 9.18 Å². The average molecular weight is 448 g/mol. The van der Waals surface area contributed by atoms with E-state index in [9.17, 15) is 9.18 Å². The van der Waals surface area contributed by atoms with Gasteiger partial charge >= 0.3 is 0 Å². The highest BCUT2D eigenvalue weighted by atomic mass is 127. The molecular formula is C17H26FIN4O. The normalized spacial score (nSPS) is 14.8. The summed E-state index contributed by atoms with van der Waals surface area (Å²) >= 11 is 0. The molecule has 134 valence electrons. The smallest absolute Gasteiger partial charge is 0.223 e. The van der Waals surface area contributed by atoms with Crippen molar-refractivity contribution in [1.82, 2.24) is 16.0 Å². The second-order valence-corrected chi connectivity index (χ2v) is 5.75. The number of nitrogens with one attached hydrogen (secondary N) is 3. The van der Waals surface area contributed by atoms with Crippen molar-refractivity contribution in [1.29, 1.82) is 0 Å². The second kappa shape index (κ2) is 11.2. The van der Waals surface area contributed by atoms with Crippen LogP contribution in [0.2, 0.25) is 0 Å². The molecule has 0 heterocycles. The van der Waals surface area contributed by atoms with Crippen molar-refractivity contribution in [3.8, 4) is 0 Å². The van der Waals surface area contributed by atoms with E-state index in [-0.39, 0.29) is 41.6 Å². The Morgan fingerprint density at radius 2 is 1.75 bits per heavy atom. The summed E-state index contributed by atoms with van der Waals surface area (Å²) in [6, 6.07) is 6.34. The monoisotopic (exact) mass is 448 g/mol. The van der Waals surface area contributed by atoms with Gasteiger partial charge in [0.05, 0.1) is 0 Å². The van der Waals surface area contributed by atoms with Gasteiger partial charge in [-0.05, 0) is 30.5 Å². The fourth-order valence-corrected chi connectivity index (χ4v) is 2.71. The van der Waals surface area contributed by atoms with Crippen molar-refractivity contribution in [3.05, 3.63) is 35.6 Å². The fraction of sp³-hybridized carbons (Fsp3) is 0.529. The largest absolute Gasteiger partial charge is 0.355 e. The van der Waals surface area contributed by atoms with E-state index in [1.54, 1.807) is 19.2 Å². The molecule has 1 aliphatic rings. The Bertz CT molecular complexity index is 530. The summed E-state index contributed by atoms with van der Waals surface area (Å²) in [4.78, 5) is 16.0. The molecule has 1 aliphatic carbocycles. The van der Waals surface area contributed by atoms with Gasteiger partial charge in [0.15, 0.2) is 5.96 Å². The van der Waals surface area contributed by atoms with Gasteiger partial charge in [-0.1, -0.05) is 25.0 Å². The van der Waals surface area contributed by atoms with Crippen LogP contribution < -0.4 is 16.0 Å². The van der Waals surface area contributed by atoms with E-state index < -0.39 is 0 Å². The maximum absolute atomic E-state index is 12.8. The molecule has 2 rings (SSSR count). The van der Waals surface area contributed by atoms with Crippen LogP contribution in [0.1, 0.15) is 31.2 Å². The molecule has 7 heteroatoms. The lowest BCUT2D eigenvalue weighted by Crippen LogP contribution is -2.42. The van der Waals surface area contributed by atoms with Crippen LogP contribution in [0.15, 0.2) is 29.3 Å². The first-order chi connectivity index (χ1) is 11.2. The Morgan fingerprint density at radius 3 is 2.38 bits per heavy atom. The number of carbonyl (C=O) groups is 1. The first-order valence-corrected chi connectivity index (χ1v) is 8.15. The van der Waals surface area contributed by atoms with Crippen LogP contribution in [-0.4, -0.2) is 32.0 Å². The van der Waals surface area contributed by atoms with Gasteiger partial charge in [-0.2, -0.15) is 0 Å². The highest BCUT2D eigenvalue weighted by Crippen LogP contribution is 2.24. The maximum atomic E-state index is 12.8. The second-order valence-electron chi connectivity index (χ2n) is 5.75. The van der Waals surface area contributed by atoms with E-state index in [2.05, 4.69) is 20.9 Å². The van der Waals surface area contributed by atoms with Crippen molar-refractivity contribution in [2.24, 2.45) is 10.9 Å². The van der Waals surface area contributed by atoms with Gasteiger partial charge in [-0.15, -0.1) is 24.0 Å². The molecule has 1 aromatic rings. The first-order valence-electron chi connectivity index (χ1n) is 8.15. The van der Waals surface area contributed by atoms with Crippen LogP contribution >= 0.6 is 24.0 Å². The lowest BCUT2D eigenvalue weighted by Gasteiger charge is -2.14. The number of aliphatic imine (C=N–C) groups is 1. The molecule has 0 bridgehead atoms. The standard InChI is InChI=1S/C17H25FN4O.HI/c1-19-17(22-12-13-6-8-15(18)9-7-13)21-11-10-20-16(23)14-4-2-3-5-14;/h6-9,14H,2-5,10-12H2,1H3,(H,20,23)(H2,19,21,22);1H. The van der Waals surface area contributed by atoms with Crippen molar-refractivity contribution >= 4 is 35.8 Å². The van der Waals surface area contributed by atoms with Crippen molar-refractivity contribution in [3.63, 3.8) is 0 Å². The lowest BCUT2D eigenvalue weighted by atomic mass is 10.1. The summed E-state index contributed by atoms with van der Waals surface area (Å²) in [5.41, 5.74) is 0.976. The number of benzene rings is 1. The predicted octanol–water partition coefficient (Wildman–Crippen LogP) is 2.42. The number of carbonyl (C=O) groups excluding carboxylic acids is 1. The maximum Gasteiger partial charge on any atom is 0.223 e. The zero-order valence-corrected chi connectivity index (χ0v) is 16.3. The Morgan fingerprint density at radius 1 is 1.12 bits per heavy atom. The molecule has 0 atom stereocenters. The third-order valence-electron chi connectivity index (χ3n) is 4.04. The molecule has 1 saturated carbocycles. The molecule has 0 unspecified atom stereocenters. The average Bonchev–Trinajstić information content (AvgIpc) is 3.10. The topological polar surface area (TPSA) is 65.5 Å². The Hall–Kier alpha value is -1.38. The van der Waals surface area contributed by atoms with Gasteiger partial charge in [0.1, 0.15) is 5.82 Å². The van der Waals surface area contributed by atoms with Crippen LogP contribution in [0.25, 0.3) is 0 Å². The first kappa shape index (κ1) is 20.7. The molecule has 0 saturated heterocycles. The fourth-order valence-electron chi connectivity index (χ4n) is 2.71. The number of nitrogens with zero attached hydrogens (tertiary/aromatic N) is 1. The van der Waals surface area contributed by atoms with Gasteiger partial charge in [0.2, 0.25) is 5.91 Å². The van der Waals surface area contributed by atoms with Crippen LogP contribution in [-0.2, 0) is 11.3 Å². The number of rotatable bonds is 6. The molecule has 3 N–H and O–H groups in total. The minimum atomic E-state index is -0.241. The van der Waals surface area contributed by atoms with E-state index in [0.29, 0.717) is 25.6 Å². The number of amides is 1. The predicted molar refractivity (Wildman–Crippen MR) is 105 cm³/mol. The zero-order valence-electron chi connectivity index (χ0n) is 14.0. The van der Waals surface area contributed by atoms with E-state index in [1.807, 2.05) is 0 Å². The summed E-state index contributed by atoms with van der Waals surface area (Å²) in [6.45, 7) is 1.75. The van der Waals surface area contributed by atoms with Crippen molar-refractivity contribution in [2.75, 3.05) is 20.1 Å². The minimum Gasteiger partial charge on any atom is -0.355 e. The highest BCUT2D eigenvalue weighted by Gasteiger charge is 2.21. The molecule has 5 nitrogen and oxygen atoms in total. The number of guanidine groups is 1. The highest BCUT2D eigenvalue weighted by molar-refractivity contribution is 14.0. The Balaban J connectivity index is 0.00000288. The summed E-state index contributed by atoms with van der Waals surface area (Å²) < 4.78 is 12.8. The molecule has 0 aliphatic heterocycles. The molecule has 1 amide bonds. The third kappa shape index (κ3) is 7.02. The molecule has 24 heavy (non-hydrogen) atoms. The van der Waals surface area contributed by atoms with E-state index in [0.717, 1.165) is 31.2 Å². The van der Waals surface area contributed by atoms with Crippen molar-refractivity contribution in [2.45, 2.75) is 32.2 Å².